The predicted octanol–water partition coefficient (Wildman–Crippen LogP) is -0.448. The fraction of sp³-hybridized carbons (Fsp3) is 0. The van der Waals surface area contributed by atoms with Crippen LogP contribution in [0.3, 0.4) is 0 Å². The quantitative estimate of drug-likeness (QED) is 0.676. The molecule has 0 unspecified atom stereocenters. The molecular formula is C16H7N3O6. The number of carbonyl (C=O) groups excluding carboxylic acids is 6. The molecule has 0 radical (unpaired) electrons. The van der Waals surface area contributed by atoms with Gasteiger partial charge in [0.1, 0.15) is 0 Å². The molecule has 0 fully saturated rings. The van der Waals surface area contributed by atoms with Crippen molar-refractivity contribution in [3.05, 3.63) is 53.6 Å². The SMILES string of the molecule is O=C1C=CC(=O)N1c1cccc2c1C(=O)N(N1C(=O)C=CC1=O)C2=O. The minimum Gasteiger partial charge on any atom is -0.269 e. The van der Waals surface area contributed by atoms with E-state index in [9.17, 15) is 28.8 Å². The van der Waals surface area contributed by atoms with E-state index >= 15 is 0 Å². The second-order valence-electron chi connectivity index (χ2n) is 5.29. The van der Waals surface area contributed by atoms with E-state index in [0.29, 0.717) is 10.0 Å². The molecular weight excluding hydrogens is 330 g/mol. The highest BCUT2D eigenvalue weighted by molar-refractivity contribution is 6.33. The molecule has 0 atom stereocenters. The van der Waals surface area contributed by atoms with Crippen molar-refractivity contribution in [2.75, 3.05) is 4.90 Å². The van der Waals surface area contributed by atoms with Gasteiger partial charge in [-0.1, -0.05) is 6.07 Å². The van der Waals surface area contributed by atoms with Crippen molar-refractivity contribution in [1.29, 1.82) is 0 Å². The van der Waals surface area contributed by atoms with Gasteiger partial charge < -0.3 is 0 Å². The molecule has 0 spiro atoms. The summed E-state index contributed by atoms with van der Waals surface area (Å²) in [6.45, 7) is 0. The molecule has 0 aliphatic carbocycles. The van der Waals surface area contributed by atoms with Gasteiger partial charge >= 0.3 is 0 Å². The molecule has 0 bridgehead atoms. The molecule has 1 aromatic carbocycles. The minimum absolute atomic E-state index is 0.0783. The van der Waals surface area contributed by atoms with E-state index in [4.69, 9.17) is 0 Å². The first-order valence-corrected chi connectivity index (χ1v) is 7.06. The van der Waals surface area contributed by atoms with E-state index in [0.717, 1.165) is 29.2 Å². The Labute approximate surface area is 139 Å². The summed E-state index contributed by atoms with van der Waals surface area (Å²) >= 11 is 0. The minimum atomic E-state index is -0.964. The highest BCUT2D eigenvalue weighted by Gasteiger charge is 2.47. The standard InChI is InChI=1S/C16H7N3O6/c20-10-4-5-11(21)17(10)9-3-1-2-8-14(9)16(25)19(15(8)24)18-12(22)6-7-13(18)23/h1-7H. The fourth-order valence-electron chi connectivity index (χ4n) is 2.85. The number of hydrazine groups is 1. The lowest BCUT2D eigenvalue weighted by Gasteiger charge is -2.23. The van der Waals surface area contributed by atoms with Crippen LogP contribution in [-0.4, -0.2) is 45.5 Å². The van der Waals surface area contributed by atoms with Crippen LogP contribution in [0.2, 0.25) is 0 Å². The Bertz CT molecular complexity index is 954. The Morgan fingerprint density at radius 3 is 1.76 bits per heavy atom. The largest absolute Gasteiger partial charge is 0.283 e. The number of amides is 6. The number of imide groups is 3. The molecule has 4 rings (SSSR count). The highest BCUT2D eigenvalue weighted by atomic mass is 16.2. The van der Waals surface area contributed by atoms with Crippen LogP contribution in [0, 0.1) is 0 Å². The summed E-state index contributed by atoms with van der Waals surface area (Å²) in [7, 11) is 0. The summed E-state index contributed by atoms with van der Waals surface area (Å²) in [5, 5.41) is 0.831. The Morgan fingerprint density at radius 2 is 1.16 bits per heavy atom. The average Bonchev–Trinajstić information content (AvgIpc) is 3.17. The van der Waals surface area contributed by atoms with Crippen LogP contribution in [0.15, 0.2) is 42.5 Å². The van der Waals surface area contributed by atoms with Gasteiger partial charge in [0, 0.05) is 24.3 Å². The van der Waals surface area contributed by atoms with Crippen LogP contribution in [0.25, 0.3) is 0 Å². The molecule has 3 aliphatic heterocycles. The average molecular weight is 337 g/mol. The van der Waals surface area contributed by atoms with Crippen molar-refractivity contribution in [3.63, 3.8) is 0 Å². The molecule has 3 aliphatic rings. The van der Waals surface area contributed by atoms with Crippen molar-refractivity contribution >= 4 is 41.1 Å². The highest BCUT2D eigenvalue weighted by Crippen LogP contribution is 2.34. The van der Waals surface area contributed by atoms with Crippen LogP contribution in [0.5, 0.6) is 0 Å². The first kappa shape index (κ1) is 14.7. The van der Waals surface area contributed by atoms with E-state index in [-0.39, 0.29) is 16.8 Å². The third-order valence-corrected chi connectivity index (χ3v) is 3.91. The smallest absolute Gasteiger partial charge is 0.269 e. The van der Waals surface area contributed by atoms with E-state index in [1.54, 1.807) is 0 Å². The number of hydrogen-bond donors (Lipinski definition) is 0. The van der Waals surface area contributed by atoms with Gasteiger partial charge in [0.2, 0.25) is 0 Å². The lowest BCUT2D eigenvalue weighted by Crippen LogP contribution is -2.49. The van der Waals surface area contributed by atoms with Crippen molar-refractivity contribution in [2.45, 2.75) is 0 Å². The summed E-state index contributed by atoms with van der Waals surface area (Å²) in [6.07, 6.45) is 3.95. The summed E-state index contributed by atoms with van der Waals surface area (Å²) in [5.41, 5.74) is -0.404. The third-order valence-electron chi connectivity index (χ3n) is 3.91. The monoisotopic (exact) mass is 337 g/mol. The number of fused-ring (bicyclic) bond motifs is 1. The molecule has 1 aromatic rings. The van der Waals surface area contributed by atoms with E-state index in [1.807, 2.05) is 0 Å². The third kappa shape index (κ3) is 1.83. The summed E-state index contributed by atoms with van der Waals surface area (Å²) in [6, 6.07) is 4.05. The Balaban J connectivity index is 1.84. The van der Waals surface area contributed by atoms with Gasteiger partial charge in [0.25, 0.3) is 35.4 Å². The molecule has 0 saturated carbocycles. The van der Waals surface area contributed by atoms with Gasteiger partial charge in [0.15, 0.2) is 0 Å². The fourth-order valence-corrected chi connectivity index (χ4v) is 2.85. The van der Waals surface area contributed by atoms with Gasteiger partial charge in [-0.05, 0) is 12.1 Å². The Kier molecular flexibility index (Phi) is 2.83. The van der Waals surface area contributed by atoms with Gasteiger partial charge in [0.05, 0.1) is 16.8 Å². The van der Waals surface area contributed by atoms with E-state index < -0.39 is 35.4 Å². The summed E-state index contributed by atoms with van der Waals surface area (Å²) in [4.78, 5) is 73.4. The Morgan fingerprint density at radius 1 is 0.600 bits per heavy atom. The van der Waals surface area contributed by atoms with Crippen molar-refractivity contribution in [3.8, 4) is 0 Å². The van der Waals surface area contributed by atoms with Crippen LogP contribution in [0.1, 0.15) is 20.7 Å². The van der Waals surface area contributed by atoms with E-state index in [1.165, 1.54) is 18.2 Å². The molecule has 25 heavy (non-hydrogen) atoms. The second kappa shape index (κ2) is 4.81. The molecule has 3 heterocycles. The van der Waals surface area contributed by atoms with Gasteiger partial charge in [-0.3, -0.25) is 28.8 Å². The van der Waals surface area contributed by atoms with Crippen molar-refractivity contribution < 1.29 is 28.8 Å². The predicted molar refractivity (Wildman–Crippen MR) is 79.6 cm³/mol. The zero-order chi connectivity index (χ0) is 17.9. The van der Waals surface area contributed by atoms with Gasteiger partial charge in [-0.2, -0.15) is 10.0 Å². The maximum absolute atomic E-state index is 12.7. The lowest BCUT2D eigenvalue weighted by atomic mass is 10.1. The zero-order valence-corrected chi connectivity index (χ0v) is 12.3. The van der Waals surface area contributed by atoms with Gasteiger partial charge in [-0.25, -0.2) is 4.90 Å². The summed E-state index contributed by atoms with van der Waals surface area (Å²) in [5.74, 6) is -4.85. The number of anilines is 1. The second-order valence-corrected chi connectivity index (χ2v) is 5.29. The first-order chi connectivity index (χ1) is 11.9. The van der Waals surface area contributed by atoms with Gasteiger partial charge in [-0.15, -0.1) is 0 Å². The number of rotatable bonds is 2. The number of carbonyl (C=O) groups is 6. The van der Waals surface area contributed by atoms with E-state index in [2.05, 4.69) is 0 Å². The molecule has 0 N–H and O–H groups in total. The molecule has 9 nitrogen and oxygen atoms in total. The topological polar surface area (TPSA) is 112 Å². The lowest BCUT2D eigenvalue weighted by molar-refractivity contribution is -0.148. The summed E-state index contributed by atoms with van der Waals surface area (Å²) < 4.78 is 0. The molecule has 0 saturated heterocycles. The molecule has 122 valence electrons. The van der Waals surface area contributed by atoms with Crippen molar-refractivity contribution in [1.82, 2.24) is 10.0 Å². The van der Waals surface area contributed by atoms with Crippen LogP contribution >= 0.6 is 0 Å². The number of nitrogens with zero attached hydrogens (tertiary/aromatic N) is 3. The van der Waals surface area contributed by atoms with Crippen LogP contribution < -0.4 is 4.90 Å². The van der Waals surface area contributed by atoms with Crippen molar-refractivity contribution in [2.24, 2.45) is 0 Å². The molecule has 6 amide bonds. The Hall–Kier alpha value is -3.88. The number of benzene rings is 1. The maximum Gasteiger partial charge on any atom is 0.283 e. The van der Waals surface area contributed by atoms with Crippen LogP contribution in [-0.2, 0) is 19.2 Å². The normalized spacial score (nSPS) is 19.1. The first-order valence-electron chi connectivity index (χ1n) is 7.06. The molecule has 9 heteroatoms. The zero-order valence-electron chi connectivity index (χ0n) is 12.3. The molecule has 0 aromatic heterocycles. The number of hydrogen-bond acceptors (Lipinski definition) is 6. The van der Waals surface area contributed by atoms with Crippen LogP contribution in [0.4, 0.5) is 5.69 Å². The maximum atomic E-state index is 12.7.